The van der Waals surface area contributed by atoms with Crippen molar-refractivity contribution in [1.82, 2.24) is 9.62 Å². The van der Waals surface area contributed by atoms with Crippen molar-refractivity contribution in [3.05, 3.63) is 28.2 Å². The number of nitrogens with one attached hydrogen (secondary N) is 1. The number of halogens is 1. The van der Waals surface area contributed by atoms with E-state index in [0.29, 0.717) is 34.3 Å². The van der Waals surface area contributed by atoms with Gasteiger partial charge in [0.15, 0.2) is 0 Å². The lowest BCUT2D eigenvalue weighted by Crippen LogP contribution is -2.42. The van der Waals surface area contributed by atoms with Crippen LogP contribution >= 0.6 is 15.9 Å². The molecule has 1 saturated heterocycles. The maximum atomic E-state index is 12.8. The van der Waals surface area contributed by atoms with E-state index in [9.17, 15) is 8.42 Å². The average Bonchev–Trinajstić information content (AvgIpc) is 2.42. The third-order valence-corrected chi connectivity index (χ3v) is 7.13. The largest absolute Gasteiger partial charge is 0.316 e. The summed E-state index contributed by atoms with van der Waals surface area (Å²) in [6, 6.07) is 5.44. The summed E-state index contributed by atoms with van der Waals surface area (Å²) in [6.07, 6.45) is 0.926. The second-order valence-electron chi connectivity index (χ2n) is 5.90. The molecular formula is C15H23BrN2O2S. The standard InChI is InChI=1S/C15H23BrN2O2S/c1-11-6-7-18(10-12(11)2)21(19,20)15-5-4-13(9-17-3)8-14(15)16/h4-5,8,11-12,17H,6-7,9-10H2,1-3H3. The van der Waals surface area contributed by atoms with Gasteiger partial charge in [-0.05, 0) is 58.9 Å². The molecule has 0 aliphatic carbocycles. The summed E-state index contributed by atoms with van der Waals surface area (Å²) in [5.74, 6) is 0.980. The Hall–Kier alpha value is -0.430. The minimum Gasteiger partial charge on any atom is -0.316 e. The van der Waals surface area contributed by atoms with Crippen LogP contribution in [-0.2, 0) is 16.6 Å². The maximum absolute atomic E-state index is 12.8. The fraction of sp³-hybridized carbons (Fsp3) is 0.600. The zero-order valence-electron chi connectivity index (χ0n) is 12.8. The molecule has 2 atom stereocenters. The molecule has 1 N–H and O–H groups in total. The van der Waals surface area contributed by atoms with Gasteiger partial charge < -0.3 is 5.32 Å². The Morgan fingerprint density at radius 3 is 2.62 bits per heavy atom. The summed E-state index contributed by atoms with van der Waals surface area (Å²) in [5, 5.41) is 3.06. The van der Waals surface area contributed by atoms with Crippen LogP contribution in [-0.4, -0.2) is 32.9 Å². The van der Waals surface area contributed by atoms with Crippen LogP contribution in [0.5, 0.6) is 0 Å². The molecule has 118 valence electrons. The summed E-state index contributed by atoms with van der Waals surface area (Å²) in [7, 11) is -1.54. The Labute approximate surface area is 136 Å². The van der Waals surface area contributed by atoms with Crippen molar-refractivity contribution in [3.63, 3.8) is 0 Å². The smallest absolute Gasteiger partial charge is 0.244 e. The first-order chi connectivity index (χ1) is 9.86. The van der Waals surface area contributed by atoms with Crippen LogP contribution < -0.4 is 5.32 Å². The first-order valence-corrected chi connectivity index (χ1v) is 9.52. The average molecular weight is 375 g/mol. The highest BCUT2D eigenvalue weighted by atomic mass is 79.9. The van der Waals surface area contributed by atoms with Crippen LogP contribution in [0.3, 0.4) is 0 Å². The molecule has 0 aromatic heterocycles. The van der Waals surface area contributed by atoms with E-state index in [0.717, 1.165) is 18.5 Å². The van der Waals surface area contributed by atoms with Gasteiger partial charge in [0.25, 0.3) is 0 Å². The molecule has 0 bridgehead atoms. The van der Waals surface area contributed by atoms with Crippen molar-refractivity contribution in [3.8, 4) is 0 Å². The molecule has 0 saturated carbocycles. The number of nitrogens with zero attached hydrogens (tertiary/aromatic N) is 1. The Bertz CT molecular complexity index is 604. The molecule has 1 aliphatic rings. The van der Waals surface area contributed by atoms with Crippen LogP contribution in [0, 0.1) is 11.8 Å². The molecule has 4 nitrogen and oxygen atoms in total. The monoisotopic (exact) mass is 374 g/mol. The van der Waals surface area contributed by atoms with Crippen molar-refractivity contribution in [2.45, 2.75) is 31.7 Å². The molecule has 2 unspecified atom stereocenters. The summed E-state index contributed by atoms with van der Waals surface area (Å²) >= 11 is 3.41. The molecule has 1 fully saturated rings. The number of sulfonamides is 1. The summed E-state index contributed by atoms with van der Waals surface area (Å²) in [4.78, 5) is 0.365. The number of piperidine rings is 1. The van der Waals surface area contributed by atoms with Crippen LogP contribution in [0.25, 0.3) is 0 Å². The number of rotatable bonds is 4. The van der Waals surface area contributed by atoms with Crippen molar-refractivity contribution >= 4 is 26.0 Å². The van der Waals surface area contributed by atoms with E-state index in [2.05, 4.69) is 35.1 Å². The highest BCUT2D eigenvalue weighted by Gasteiger charge is 2.32. The van der Waals surface area contributed by atoms with Crippen LogP contribution in [0.1, 0.15) is 25.8 Å². The van der Waals surface area contributed by atoms with Crippen molar-refractivity contribution in [2.24, 2.45) is 11.8 Å². The minimum atomic E-state index is -3.41. The lowest BCUT2D eigenvalue weighted by molar-refractivity contribution is 0.212. The molecule has 21 heavy (non-hydrogen) atoms. The van der Waals surface area contributed by atoms with Gasteiger partial charge in [-0.1, -0.05) is 19.9 Å². The predicted octanol–water partition coefficient (Wildman–Crippen LogP) is 2.84. The van der Waals surface area contributed by atoms with Gasteiger partial charge in [-0.15, -0.1) is 0 Å². The van der Waals surface area contributed by atoms with Crippen LogP contribution in [0.4, 0.5) is 0 Å². The van der Waals surface area contributed by atoms with Crippen molar-refractivity contribution < 1.29 is 8.42 Å². The first kappa shape index (κ1) is 16.9. The summed E-state index contributed by atoms with van der Waals surface area (Å²) < 4.78 is 27.9. The topological polar surface area (TPSA) is 49.4 Å². The van der Waals surface area contributed by atoms with E-state index < -0.39 is 10.0 Å². The molecule has 1 aliphatic heterocycles. The van der Waals surface area contributed by atoms with Gasteiger partial charge in [0, 0.05) is 24.1 Å². The second kappa shape index (κ2) is 6.77. The molecule has 6 heteroatoms. The third kappa shape index (κ3) is 3.67. The van der Waals surface area contributed by atoms with Gasteiger partial charge in [-0.2, -0.15) is 4.31 Å². The summed E-state index contributed by atoms with van der Waals surface area (Å²) in [5.41, 5.74) is 1.06. The molecule has 1 aromatic rings. The lowest BCUT2D eigenvalue weighted by atomic mass is 9.90. The highest BCUT2D eigenvalue weighted by molar-refractivity contribution is 9.10. The highest BCUT2D eigenvalue weighted by Crippen LogP contribution is 2.31. The van der Waals surface area contributed by atoms with E-state index in [1.54, 1.807) is 10.4 Å². The maximum Gasteiger partial charge on any atom is 0.244 e. The van der Waals surface area contributed by atoms with Crippen LogP contribution in [0.2, 0.25) is 0 Å². The zero-order chi connectivity index (χ0) is 15.6. The number of hydrogen-bond donors (Lipinski definition) is 1. The Morgan fingerprint density at radius 1 is 1.33 bits per heavy atom. The lowest BCUT2D eigenvalue weighted by Gasteiger charge is -2.34. The van der Waals surface area contributed by atoms with Gasteiger partial charge >= 0.3 is 0 Å². The third-order valence-electron chi connectivity index (χ3n) is 4.29. The number of benzene rings is 1. The van der Waals surface area contributed by atoms with Crippen LogP contribution in [0.15, 0.2) is 27.6 Å². The molecule has 0 spiro atoms. The van der Waals surface area contributed by atoms with E-state index >= 15 is 0 Å². The minimum absolute atomic E-state index is 0.365. The number of hydrogen-bond acceptors (Lipinski definition) is 3. The molecule has 1 heterocycles. The van der Waals surface area contributed by atoms with Gasteiger partial charge in [0.2, 0.25) is 10.0 Å². The molecule has 0 amide bonds. The molecule has 2 rings (SSSR count). The van der Waals surface area contributed by atoms with Gasteiger partial charge in [-0.3, -0.25) is 0 Å². The zero-order valence-corrected chi connectivity index (χ0v) is 15.2. The normalized spacial score (nSPS) is 24.2. The van der Waals surface area contributed by atoms with E-state index in [1.165, 1.54) is 0 Å². The Morgan fingerprint density at radius 2 is 2.05 bits per heavy atom. The Kier molecular flexibility index (Phi) is 5.46. The first-order valence-electron chi connectivity index (χ1n) is 7.29. The summed E-state index contributed by atoms with van der Waals surface area (Å²) in [6.45, 7) is 6.25. The SMILES string of the molecule is CNCc1ccc(S(=O)(=O)N2CCC(C)C(C)C2)c(Br)c1. The predicted molar refractivity (Wildman–Crippen MR) is 88.6 cm³/mol. The van der Waals surface area contributed by atoms with E-state index in [-0.39, 0.29) is 0 Å². The Balaban J connectivity index is 2.27. The van der Waals surface area contributed by atoms with Gasteiger partial charge in [0.1, 0.15) is 0 Å². The quantitative estimate of drug-likeness (QED) is 0.881. The second-order valence-corrected chi connectivity index (χ2v) is 8.66. The molecule has 0 radical (unpaired) electrons. The van der Waals surface area contributed by atoms with Crippen molar-refractivity contribution in [1.29, 1.82) is 0 Å². The molecule has 1 aromatic carbocycles. The van der Waals surface area contributed by atoms with E-state index in [1.807, 2.05) is 19.2 Å². The van der Waals surface area contributed by atoms with Crippen molar-refractivity contribution in [2.75, 3.05) is 20.1 Å². The molecular weight excluding hydrogens is 352 g/mol. The fourth-order valence-electron chi connectivity index (χ4n) is 2.65. The van der Waals surface area contributed by atoms with Gasteiger partial charge in [-0.25, -0.2) is 8.42 Å². The van der Waals surface area contributed by atoms with Gasteiger partial charge in [0.05, 0.1) is 4.90 Å². The fourth-order valence-corrected chi connectivity index (χ4v) is 5.29. The van der Waals surface area contributed by atoms with E-state index in [4.69, 9.17) is 0 Å².